The monoisotopic (exact) mass is 258 g/mol. The van der Waals surface area contributed by atoms with Gasteiger partial charge in [-0.25, -0.2) is 0 Å². The highest BCUT2D eigenvalue weighted by Gasteiger charge is 2.27. The molecule has 19 heavy (non-hydrogen) atoms. The fraction of sp³-hybridized carbons (Fsp3) is 0.562. The van der Waals surface area contributed by atoms with E-state index >= 15 is 0 Å². The van der Waals surface area contributed by atoms with Gasteiger partial charge in [0.25, 0.3) is 0 Å². The molecular weight excluding hydrogens is 236 g/mol. The number of nitrogens with zero attached hydrogens (tertiary/aromatic N) is 1. The Kier molecular flexibility index (Phi) is 4.57. The van der Waals surface area contributed by atoms with Crippen LogP contribution in [0, 0.1) is 16.7 Å². The van der Waals surface area contributed by atoms with Crippen LogP contribution in [-0.4, -0.2) is 19.8 Å². The predicted molar refractivity (Wildman–Crippen MR) is 75.7 cm³/mol. The van der Waals surface area contributed by atoms with E-state index in [0.717, 1.165) is 32.6 Å². The highest BCUT2D eigenvalue weighted by atomic mass is 16.5. The summed E-state index contributed by atoms with van der Waals surface area (Å²) in [6, 6.07) is 10.3. The van der Waals surface area contributed by atoms with Gasteiger partial charge in [0.05, 0.1) is 11.6 Å². The molecule has 0 saturated carbocycles. The van der Waals surface area contributed by atoms with Crippen molar-refractivity contribution < 1.29 is 4.74 Å². The first-order chi connectivity index (χ1) is 9.13. The van der Waals surface area contributed by atoms with Gasteiger partial charge in [-0.05, 0) is 42.9 Å². The van der Waals surface area contributed by atoms with E-state index in [-0.39, 0.29) is 0 Å². The van der Waals surface area contributed by atoms with Crippen molar-refractivity contribution in [1.29, 1.82) is 5.26 Å². The highest BCUT2D eigenvalue weighted by Crippen LogP contribution is 2.29. The second kappa shape index (κ2) is 6.18. The number of ether oxygens (including phenoxy) is 1. The Morgan fingerprint density at radius 3 is 2.53 bits per heavy atom. The minimum absolute atomic E-state index is 0.312. The lowest BCUT2D eigenvalue weighted by Gasteiger charge is -2.34. The lowest BCUT2D eigenvalue weighted by Crippen LogP contribution is -2.37. The van der Waals surface area contributed by atoms with Gasteiger partial charge in [-0.15, -0.1) is 0 Å². The minimum Gasteiger partial charge on any atom is -0.381 e. The molecule has 2 rings (SSSR count). The van der Waals surface area contributed by atoms with Crippen LogP contribution in [0.5, 0.6) is 0 Å². The average Bonchev–Trinajstić information content (AvgIpc) is 2.46. The summed E-state index contributed by atoms with van der Waals surface area (Å²) in [6.07, 6.45) is 2.25. The molecular formula is C16H22N2O. The molecule has 1 N–H and O–H groups in total. The van der Waals surface area contributed by atoms with Crippen LogP contribution in [0.4, 0.5) is 0 Å². The quantitative estimate of drug-likeness (QED) is 0.903. The van der Waals surface area contributed by atoms with Gasteiger partial charge in [-0.3, -0.25) is 0 Å². The van der Waals surface area contributed by atoms with Crippen LogP contribution >= 0.6 is 0 Å². The summed E-state index contributed by atoms with van der Waals surface area (Å²) in [7, 11) is 0. The third-order valence-corrected chi connectivity index (χ3v) is 4.07. The molecule has 1 heterocycles. The molecule has 1 atom stereocenters. The molecule has 1 aromatic rings. The number of rotatable bonds is 4. The third-order valence-electron chi connectivity index (χ3n) is 4.07. The lowest BCUT2D eigenvalue weighted by molar-refractivity contribution is 0.0231. The van der Waals surface area contributed by atoms with Crippen LogP contribution in [0.3, 0.4) is 0 Å². The molecule has 0 radical (unpaired) electrons. The van der Waals surface area contributed by atoms with E-state index in [1.807, 2.05) is 24.3 Å². The molecule has 102 valence electrons. The van der Waals surface area contributed by atoms with Crippen LogP contribution in [0.15, 0.2) is 24.3 Å². The second-order valence-corrected chi connectivity index (χ2v) is 5.76. The molecule has 1 aromatic carbocycles. The van der Waals surface area contributed by atoms with Gasteiger partial charge in [0.1, 0.15) is 0 Å². The number of nitriles is 1. The molecule has 1 saturated heterocycles. The van der Waals surface area contributed by atoms with Crippen molar-refractivity contribution in [2.75, 3.05) is 19.8 Å². The first kappa shape index (κ1) is 14.0. The van der Waals surface area contributed by atoms with Gasteiger partial charge < -0.3 is 10.1 Å². The average molecular weight is 258 g/mol. The Morgan fingerprint density at radius 1 is 1.32 bits per heavy atom. The Hall–Kier alpha value is -1.37. The molecule has 0 amide bonds. The van der Waals surface area contributed by atoms with Crippen LogP contribution in [0.1, 0.15) is 43.9 Å². The van der Waals surface area contributed by atoms with Gasteiger partial charge in [-0.1, -0.05) is 19.1 Å². The number of nitrogens with one attached hydrogen (secondary N) is 1. The zero-order valence-electron chi connectivity index (χ0n) is 11.8. The Morgan fingerprint density at radius 2 is 1.95 bits per heavy atom. The molecule has 0 spiro atoms. The van der Waals surface area contributed by atoms with E-state index in [9.17, 15) is 0 Å². The van der Waals surface area contributed by atoms with Gasteiger partial charge in [0, 0.05) is 25.8 Å². The van der Waals surface area contributed by atoms with Crippen molar-refractivity contribution in [2.24, 2.45) is 5.41 Å². The second-order valence-electron chi connectivity index (χ2n) is 5.76. The molecule has 0 aromatic heterocycles. The van der Waals surface area contributed by atoms with E-state index in [0.29, 0.717) is 17.0 Å². The summed E-state index contributed by atoms with van der Waals surface area (Å²) in [5, 5.41) is 12.4. The summed E-state index contributed by atoms with van der Waals surface area (Å²) in [5.41, 5.74) is 2.29. The van der Waals surface area contributed by atoms with Crippen molar-refractivity contribution in [2.45, 2.75) is 32.7 Å². The van der Waals surface area contributed by atoms with Gasteiger partial charge in [0.15, 0.2) is 0 Å². The standard InChI is InChI=1S/C16H22N2O/c1-13(15-5-3-14(11-17)4-6-15)18-12-16(2)7-9-19-10-8-16/h3-6,13,18H,7-10,12H2,1-2H3. The van der Waals surface area contributed by atoms with Crippen molar-refractivity contribution in [3.05, 3.63) is 35.4 Å². The topological polar surface area (TPSA) is 45.0 Å². The summed E-state index contributed by atoms with van der Waals surface area (Å²) in [6.45, 7) is 7.27. The van der Waals surface area contributed by atoms with Gasteiger partial charge in [-0.2, -0.15) is 5.26 Å². The van der Waals surface area contributed by atoms with E-state index in [4.69, 9.17) is 10.00 Å². The smallest absolute Gasteiger partial charge is 0.0991 e. The molecule has 3 nitrogen and oxygen atoms in total. The molecule has 3 heteroatoms. The fourth-order valence-corrected chi connectivity index (χ4v) is 2.40. The fourth-order valence-electron chi connectivity index (χ4n) is 2.40. The SMILES string of the molecule is CC(NCC1(C)CCOCC1)c1ccc(C#N)cc1. The molecule has 1 unspecified atom stereocenters. The zero-order chi connectivity index (χ0) is 13.7. The highest BCUT2D eigenvalue weighted by molar-refractivity contribution is 5.32. The van der Waals surface area contributed by atoms with Crippen LogP contribution in [0.25, 0.3) is 0 Å². The summed E-state index contributed by atoms with van der Waals surface area (Å²) in [5.74, 6) is 0. The van der Waals surface area contributed by atoms with Gasteiger partial charge >= 0.3 is 0 Å². The predicted octanol–water partition coefficient (Wildman–Crippen LogP) is 3.03. The molecule has 1 fully saturated rings. The first-order valence-corrected chi connectivity index (χ1v) is 6.94. The first-order valence-electron chi connectivity index (χ1n) is 6.94. The third kappa shape index (κ3) is 3.79. The molecule has 0 bridgehead atoms. The summed E-state index contributed by atoms with van der Waals surface area (Å²) < 4.78 is 5.42. The maximum absolute atomic E-state index is 8.80. The Labute approximate surface area is 115 Å². The minimum atomic E-state index is 0.312. The van der Waals surface area contributed by atoms with E-state index in [1.54, 1.807) is 0 Å². The van der Waals surface area contributed by atoms with Crippen LogP contribution in [-0.2, 0) is 4.74 Å². The van der Waals surface area contributed by atoms with Crippen molar-refractivity contribution in [1.82, 2.24) is 5.32 Å². The number of benzene rings is 1. The summed E-state index contributed by atoms with van der Waals surface area (Å²) in [4.78, 5) is 0. The normalized spacial score (nSPS) is 19.6. The van der Waals surface area contributed by atoms with Crippen molar-refractivity contribution in [3.8, 4) is 6.07 Å². The summed E-state index contributed by atoms with van der Waals surface area (Å²) >= 11 is 0. The largest absolute Gasteiger partial charge is 0.381 e. The Bertz CT molecular complexity index is 441. The maximum Gasteiger partial charge on any atom is 0.0991 e. The molecule has 1 aliphatic rings. The van der Waals surface area contributed by atoms with Gasteiger partial charge in [0.2, 0.25) is 0 Å². The van der Waals surface area contributed by atoms with Crippen LogP contribution < -0.4 is 5.32 Å². The molecule has 0 aliphatic carbocycles. The maximum atomic E-state index is 8.80. The van der Waals surface area contributed by atoms with Crippen molar-refractivity contribution >= 4 is 0 Å². The lowest BCUT2D eigenvalue weighted by atomic mass is 9.82. The number of hydrogen-bond acceptors (Lipinski definition) is 3. The van der Waals surface area contributed by atoms with E-state index in [2.05, 4.69) is 25.2 Å². The van der Waals surface area contributed by atoms with E-state index in [1.165, 1.54) is 5.56 Å². The zero-order valence-corrected chi connectivity index (χ0v) is 11.8. The van der Waals surface area contributed by atoms with Crippen molar-refractivity contribution in [3.63, 3.8) is 0 Å². The van der Waals surface area contributed by atoms with Crippen LogP contribution in [0.2, 0.25) is 0 Å². The van der Waals surface area contributed by atoms with E-state index < -0.39 is 0 Å². The Balaban J connectivity index is 1.89. The number of hydrogen-bond donors (Lipinski definition) is 1. The molecule has 1 aliphatic heterocycles.